The number of benzene rings is 1. The van der Waals surface area contributed by atoms with E-state index >= 15 is 0 Å². The topological polar surface area (TPSA) is 54.2 Å². The van der Waals surface area contributed by atoms with E-state index in [1.165, 1.54) is 18.5 Å². The molecule has 2 aliphatic rings. The van der Waals surface area contributed by atoms with Crippen molar-refractivity contribution in [3.05, 3.63) is 54.4 Å². The minimum absolute atomic E-state index is 0.577. The van der Waals surface area contributed by atoms with Crippen molar-refractivity contribution in [3.63, 3.8) is 0 Å². The average Bonchev–Trinajstić information content (AvgIpc) is 3.28. The molecule has 1 aromatic carbocycles. The maximum absolute atomic E-state index is 10.3. The van der Waals surface area contributed by atoms with Crippen LogP contribution < -0.4 is 0 Å². The van der Waals surface area contributed by atoms with E-state index in [4.69, 9.17) is 0 Å². The second kappa shape index (κ2) is 5.58. The van der Waals surface area contributed by atoms with Gasteiger partial charge in [0, 0.05) is 25.6 Å². The van der Waals surface area contributed by atoms with Crippen molar-refractivity contribution in [2.45, 2.75) is 37.3 Å². The number of β-amino-alcohol motifs (C(OH)–C–C–N with tert-alkyl or cyclic N) is 1. The summed E-state index contributed by atoms with van der Waals surface area (Å²) in [4.78, 5) is 2.23. The zero-order chi connectivity index (χ0) is 15.9. The number of hydrogen-bond acceptors (Lipinski definition) is 4. The first-order chi connectivity index (χ1) is 11.2. The van der Waals surface area contributed by atoms with Crippen LogP contribution in [0, 0.1) is 0 Å². The first-order valence-corrected chi connectivity index (χ1v) is 8.24. The van der Waals surface area contributed by atoms with Gasteiger partial charge in [-0.25, -0.2) is 4.68 Å². The number of aliphatic hydroxyl groups is 1. The Bertz CT molecular complexity index is 699. The van der Waals surface area contributed by atoms with Gasteiger partial charge in [-0.05, 0) is 31.4 Å². The Labute approximate surface area is 136 Å². The molecule has 2 aromatic rings. The van der Waals surface area contributed by atoms with Gasteiger partial charge in [0.15, 0.2) is 0 Å². The minimum Gasteiger partial charge on any atom is -0.387 e. The second-order valence-corrected chi connectivity index (χ2v) is 6.81. The zero-order valence-electron chi connectivity index (χ0n) is 13.2. The molecule has 0 spiro atoms. The van der Waals surface area contributed by atoms with Crippen molar-refractivity contribution < 1.29 is 5.11 Å². The van der Waals surface area contributed by atoms with Crippen molar-refractivity contribution in [2.75, 3.05) is 13.1 Å². The van der Waals surface area contributed by atoms with E-state index < -0.39 is 5.60 Å². The molecule has 1 saturated carbocycles. The van der Waals surface area contributed by atoms with Gasteiger partial charge in [-0.2, -0.15) is 0 Å². The highest BCUT2D eigenvalue weighted by atomic mass is 16.3. The summed E-state index contributed by atoms with van der Waals surface area (Å²) >= 11 is 0. The molecule has 1 aliphatic heterocycles. The van der Waals surface area contributed by atoms with Crippen LogP contribution in [0.1, 0.15) is 36.6 Å². The molecule has 0 unspecified atom stereocenters. The normalized spacial score (nSPS) is 20.2. The van der Waals surface area contributed by atoms with Crippen LogP contribution in [-0.4, -0.2) is 43.7 Å². The average molecular weight is 310 g/mol. The molecule has 0 bridgehead atoms. The van der Waals surface area contributed by atoms with Gasteiger partial charge >= 0.3 is 0 Å². The van der Waals surface area contributed by atoms with Crippen LogP contribution >= 0.6 is 0 Å². The fourth-order valence-electron chi connectivity index (χ4n) is 3.47. The Morgan fingerprint density at radius 3 is 2.65 bits per heavy atom. The number of hydrogen-bond donors (Lipinski definition) is 1. The lowest BCUT2D eigenvalue weighted by Crippen LogP contribution is -2.60. The van der Waals surface area contributed by atoms with Crippen molar-refractivity contribution >= 4 is 0 Å². The highest BCUT2D eigenvalue weighted by molar-refractivity contribution is 5.35. The maximum atomic E-state index is 10.3. The molecule has 1 N–H and O–H groups in total. The van der Waals surface area contributed by atoms with Gasteiger partial charge in [0.05, 0.1) is 17.0 Å². The third kappa shape index (κ3) is 2.82. The zero-order valence-corrected chi connectivity index (χ0v) is 13.2. The fraction of sp³-hybridized carbons (Fsp3) is 0.444. The molecule has 2 heterocycles. The van der Waals surface area contributed by atoms with E-state index in [0.717, 1.165) is 17.9 Å². The molecule has 23 heavy (non-hydrogen) atoms. The van der Waals surface area contributed by atoms with Crippen LogP contribution in [0.15, 0.2) is 43.0 Å². The third-order valence-electron chi connectivity index (χ3n) is 4.68. The highest BCUT2D eigenvalue weighted by Crippen LogP contribution is 2.42. The van der Waals surface area contributed by atoms with Crippen molar-refractivity contribution in [1.82, 2.24) is 19.9 Å². The van der Waals surface area contributed by atoms with Crippen LogP contribution in [0.25, 0.3) is 5.69 Å². The predicted octanol–water partition coefficient (Wildman–Crippen LogP) is 2.27. The van der Waals surface area contributed by atoms with E-state index in [1.54, 1.807) is 6.08 Å². The Morgan fingerprint density at radius 2 is 2.00 bits per heavy atom. The monoisotopic (exact) mass is 310 g/mol. The summed E-state index contributed by atoms with van der Waals surface area (Å²) in [5.41, 5.74) is 2.77. The van der Waals surface area contributed by atoms with Gasteiger partial charge in [-0.1, -0.05) is 29.5 Å². The Hall–Kier alpha value is -1.98. The van der Waals surface area contributed by atoms with E-state index in [0.29, 0.717) is 25.4 Å². The van der Waals surface area contributed by atoms with E-state index in [1.807, 2.05) is 22.9 Å². The largest absolute Gasteiger partial charge is 0.387 e. The summed E-state index contributed by atoms with van der Waals surface area (Å²) in [6.07, 6.45) is 4.87. The summed E-state index contributed by atoms with van der Waals surface area (Å²) in [5, 5.41) is 19.1. The highest BCUT2D eigenvalue weighted by Gasteiger charge is 2.41. The predicted molar refractivity (Wildman–Crippen MR) is 88.4 cm³/mol. The smallest absolute Gasteiger partial charge is 0.101 e. The number of rotatable bonds is 6. The number of nitrogens with zero attached hydrogens (tertiary/aromatic N) is 4. The molecule has 0 atom stereocenters. The van der Waals surface area contributed by atoms with Crippen molar-refractivity contribution in [1.29, 1.82) is 0 Å². The first-order valence-electron chi connectivity index (χ1n) is 8.24. The second-order valence-electron chi connectivity index (χ2n) is 6.81. The molecule has 1 saturated heterocycles. The molecule has 0 amide bonds. The van der Waals surface area contributed by atoms with Crippen LogP contribution in [0.3, 0.4) is 0 Å². The van der Waals surface area contributed by atoms with Gasteiger partial charge in [0.25, 0.3) is 0 Å². The molecule has 5 heteroatoms. The molecule has 1 aliphatic carbocycles. The molecule has 0 radical (unpaired) electrons. The van der Waals surface area contributed by atoms with Gasteiger partial charge in [0.1, 0.15) is 5.69 Å². The first kappa shape index (κ1) is 14.6. The number of likely N-dealkylation sites (tertiary alicyclic amines) is 1. The molecule has 4 rings (SSSR count). The van der Waals surface area contributed by atoms with Gasteiger partial charge in [-0.3, -0.25) is 4.90 Å². The number of para-hydroxylation sites is 1. The van der Waals surface area contributed by atoms with E-state index in [-0.39, 0.29) is 0 Å². The lowest BCUT2D eigenvalue weighted by atomic mass is 9.90. The fourth-order valence-corrected chi connectivity index (χ4v) is 3.47. The van der Waals surface area contributed by atoms with E-state index in [2.05, 4.69) is 33.9 Å². The molecule has 2 fully saturated rings. The SMILES string of the molecule is C=CCC1(O)CN(Cc2nnn(-c3ccccc3)c2C2CC2)C1. The quantitative estimate of drug-likeness (QED) is 0.832. The third-order valence-corrected chi connectivity index (χ3v) is 4.68. The van der Waals surface area contributed by atoms with E-state index in [9.17, 15) is 5.11 Å². The van der Waals surface area contributed by atoms with Crippen LogP contribution in [-0.2, 0) is 6.54 Å². The maximum Gasteiger partial charge on any atom is 0.101 e. The van der Waals surface area contributed by atoms with Crippen LogP contribution in [0.2, 0.25) is 0 Å². The summed E-state index contributed by atoms with van der Waals surface area (Å²) in [6, 6.07) is 10.2. The number of aromatic nitrogens is 3. The van der Waals surface area contributed by atoms with Gasteiger partial charge < -0.3 is 5.11 Å². The lowest BCUT2D eigenvalue weighted by molar-refractivity contribution is -0.0990. The summed E-state index contributed by atoms with van der Waals surface area (Å²) < 4.78 is 1.99. The Balaban J connectivity index is 1.54. The van der Waals surface area contributed by atoms with Crippen molar-refractivity contribution in [2.24, 2.45) is 0 Å². The van der Waals surface area contributed by atoms with Crippen molar-refractivity contribution in [3.8, 4) is 5.69 Å². The minimum atomic E-state index is -0.600. The Morgan fingerprint density at radius 1 is 1.26 bits per heavy atom. The summed E-state index contributed by atoms with van der Waals surface area (Å²) in [5.74, 6) is 0.577. The molecular weight excluding hydrogens is 288 g/mol. The lowest BCUT2D eigenvalue weighted by Gasteiger charge is -2.46. The molecule has 5 nitrogen and oxygen atoms in total. The van der Waals surface area contributed by atoms with Crippen LogP contribution in [0.5, 0.6) is 0 Å². The molecule has 120 valence electrons. The summed E-state index contributed by atoms with van der Waals surface area (Å²) in [6.45, 7) is 5.84. The Kier molecular flexibility index (Phi) is 3.54. The van der Waals surface area contributed by atoms with Gasteiger partial charge in [0.2, 0.25) is 0 Å². The molecular formula is C18H22N4O. The standard InChI is InChI=1S/C18H22N4O/c1-2-10-18(23)12-21(13-18)11-16-17(14-8-9-14)22(20-19-16)15-6-4-3-5-7-15/h2-7,14,23H,1,8-13H2. The van der Waals surface area contributed by atoms with Crippen LogP contribution in [0.4, 0.5) is 0 Å². The van der Waals surface area contributed by atoms with Gasteiger partial charge in [-0.15, -0.1) is 11.7 Å². The molecule has 1 aromatic heterocycles. The summed E-state index contributed by atoms with van der Waals surface area (Å²) in [7, 11) is 0.